The van der Waals surface area contributed by atoms with Crippen LogP contribution >= 0.6 is 0 Å². The minimum absolute atomic E-state index is 0.0192. The van der Waals surface area contributed by atoms with E-state index in [1.807, 2.05) is 0 Å². The van der Waals surface area contributed by atoms with Gasteiger partial charge in [-0.05, 0) is 26.8 Å². The molecule has 0 bridgehead atoms. The van der Waals surface area contributed by atoms with Crippen molar-refractivity contribution >= 4 is 17.7 Å². The zero-order chi connectivity index (χ0) is 17.0. The molecule has 0 amide bonds. The van der Waals surface area contributed by atoms with E-state index in [4.69, 9.17) is 14.2 Å². The first-order valence-electron chi connectivity index (χ1n) is 7.59. The number of ether oxygens (including phenoxy) is 3. The molecule has 2 rings (SSSR count). The lowest BCUT2D eigenvalue weighted by Crippen LogP contribution is -2.55. The molecule has 6 heteroatoms. The molecule has 0 saturated heterocycles. The molecule has 0 spiro atoms. The number of para-hydroxylation sites is 1. The Bertz CT molecular complexity index is 603. The molecule has 1 unspecified atom stereocenters. The first-order valence-corrected chi connectivity index (χ1v) is 7.59. The molecular formula is C17H20O6. The summed E-state index contributed by atoms with van der Waals surface area (Å²) in [7, 11) is 0. The van der Waals surface area contributed by atoms with Gasteiger partial charge in [0.15, 0.2) is 0 Å². The standard InChI is InChI=1S/C17H20O6/c1-4-21-15(19)17(16(20)22-5-2)13(10-11(3)18)12-8-6-7-9-14(12)23-17/h6-9,13H,4-5,10H2,1-3H3. The Morgan fingerprint density at radius 1 is 1.09 bits per heavy atom. The Kier molecular flexibility index (Phi) is 5.03. The van der Waals surface area contributed by atoms with Crippen molar-refractivity contribution < 1.29 is 28.6 Å². The Balaban J connectivity index is 2.56. The number of rotatable bonds is 6. The summed E-state index contributed by atoms with van der Waals surface area (Å²) in [6.45, 7) is 4.86. The van der Waals surface area contributed by atoms with Crippen molar-refractivity contribution in [3.8, 4) is 5.75 Å². The number of benzene rings is 1. The number of esters is 2. The van der Waals surface area contributed by atoms with Crippen LogP contribution in [-0.4, -0.2) is 36.5 Å². The summed E-state index contributed by atoms with van der Waals surface area (Å²) in [5.41, 5.74) is -1.34. The number of hydrogen-bond donors (Lipinski definition) is 0. The second-order valence-electron chi connectivity index (χ2n) is 5.28. The molecule has 0 fully saturated rings. The lowest BCUT2D eigenvalue weighted by Gasteiger charge is -2.29. The highest BCUT2D eigenvalue weighted by Gasteiger charge is 2.62. The fourth-order valence-electron chi connectivity index (χ4n) is 2.79. The quantitative estimate of drug-likeness (QED) is 0.589. The molecule has 124 valence electrons. The number of hydrogen-bond acceptors (Lipinski definition) is 6. The van der Waals surface area contributed by atoms with Gasteiger partial charge >= 0.3 is 17.5 Å². The molecule has 23 heavy (non-hydrogen) atoms. The second-order valence-corrected chi connectivity index (χ2v) is 5.28. The monoisotopic (exact) mass is 320 g/mol. The fraction of sp³-hybridized carbons (Fsp3) is 0.471. The molecule has 0 aliphatic carbocycles. The Hall–Kier alpha value is -2.37. The van der Waals surface area contributed by atoms with Crippen LogP contribution in [0.1, 0.15) is 38.7 Å². The predicted molar refractivity (Wildman–Crippen MR) is 81.1 cm³/mol. The highest BCUT2D eigenvalue weighted by atomic mass is 16.6. The highest BCUT2D eigenvalue weighted by Crippen LogP contribution is 2.48. The van der Waals surface area contributed by atoms with Crippen LogP contribution in [0, 0.1) is 0 Å². The maximum Gasteiger partial charge on any atom is 0.363 e. The largest absolute Gasteiger partial charge is 0.463 e. The molecule has 0 saturated carbocycles. The van der Waals surface area contributed by atoms with E-state index >= 15 is 0 Å². The van der Waals surface area contributed by atoms with Gasteiger partial charge in [-0.1, -0.05) is 18.2 Å². The van der Waals surface area contributed by atoms with E-state index in [9.17, 15) is 14.4 Å². The van der Waals surface area contributed by atoms with E-state index in [2.05, 4.69) is 0 Å². The van der Waals surface area contributed by atoms with Crippen molar-refractivity contribution in [1.82, 2.24) is 0 Å². The number of carbonyl (C=O) groups is 3. The maximum atomic E-state index is 12.6. The zero-order valence-electron chi connectivity index (χ0n) is 13.5. The first kappa shape index (κ1) is 17.0. The van der Waals surface area contributed by atoms with Crippen LogP contribution in [0.2, 0.25) is 0 Å². The smallest absolute Gasteiger partial charge is 0.363 e. The molecule has 0 radical (unpaired) electrons. The van der Waals surface area contributed by atoms with E-state index in [1.165, 1.54) is 6.92 Å². The maximum absolute atomic E-state index is 12.6. The number of Topliss-reactive ketones (excluding diaryl/α,β-unsaturated/α-hetero) is 1. The first-order chi connectivity index (χ1) is 11.0. The van der Waals surface area contributed by atoms with Gasteiger partial charge in [-0.2, -0.15) is 0 Å². The molecular weight excluding hydrogens is 300 g/mol. The predicted octanol–water partition coefficient (Wildman–Crippen LogP) is 2.01. The topological polar surface area (TPSA) is 78.9 Å². The van der Waals surface area contributed by atoms with E-state index in [0.717, 1.165) is 0 Å². The van der Waals surface area contributed by atoms with Crippen LogP contribution in [0.15, 0.2) is 24.3 Å². The third-order valence-electron chi connectivity index (χ3n) is 3.71. The Morgan fingerprint density at radius 2 is 1.65 bits per heavy atom. The average Bonchev–Trinajstić information content (AvgIpc) is 2.83. The van der Waals surface area contributed by atoms with Crippen molar-refractivity contribution in [2.24, 2.45) is 0 Å². The Labute approximate surface area is 134 Å². The van der Waals surface area contributed by atoms with Crippen molar-refractivity contribution in [3.63, 3.8) is 0 Å². The highest BCUT2D eigenvalue weighted by molar-refractivity contribution is 6.07. The third kappa shape index (κ3) is 2.93. The summed E-state index contributed by atoms with van der Waals surface area (Å²) in [6.07, 6.45) is -0.0192. The summed E-state index contributed by atoms with van der Waals surface area (Å²) in [6, 6.07) is 6.89. The number of fused-ring (bicyclic) bond motifs is 1. The molecule has 1 aromatic carbocycles. The summed E-state index contributed by atoms with van der Waals surface area (Å²) in [5.74, 6) is -2.20. The molecule has 1 heterocycles. The van der Waals surface area contributed by atoms with Gasteiger partial charge in [-0.15, -0.1) is 0 Å². The number of carbonyl (C=O) groups excluding carboxylic acids is 3. The summed E-state index contributed by atoms with van der Waals surface area (Å²) in [4.78, 5) is 36.9. The van der Waals surface area contributed by atoms with Gasteiger partial charge in [-0.25, -0.2) is 9.59 Å². The van der Waals surface area contributed by atoms with Crippen LogP contribution in [0.4, 0.5) is 0 Å². The summed E-state index contributed by atoms with van der Waals surface area (Å²) >= 11 is 0. The van der Waals surface area contributed by atoms with Gasteiger partial charge < -0.3 is 19.0 Å². The molecule has 6 nitrogen and oxygen atoms in total. The lowest BCUT2D eigenvalue weighted by atomic mass is 9.80. The van der Waals surface area contributed by atoms with Gasteiger partial charge in [0.25, 0.3) is 0 Å². The van der Waals surface area contributed by atoms with Gasteiger partial charge in [0.2, 0.25) is 0 Å². The van der Waals surface area contributed by atoms with E-state index in [1.54, 1.807) is 38.1 Å². The minimum atomic E-state index is -1.97. The van der Waals surface area contributed by atoms with Crippen molar-refractivity contribution in [2.75, 3.05) is 13.2 Å². The fourth-order valence-corrected chi connectivity index (χ4v) is 2.79. The van der Waals surface area contributed by atoms with Crippen molar-refractivity contribution in [3.05, 3.63) is 29.8 Å². The normalized spacial score (nSPS) is 17.8. The zero-order valence-corrected chi connectivity index (χ0v) is 13.5. The number of ketones is 1. The van der Waals surface area contributed by atoms with E-state index in [0.29, 0.717) is 11.3 Å². The third-order valence-corrected chi connectivity index (χ3v) is 3.71. The van der Waals surface area contributed by atoms with E-state index < -0.39 is 23.5 Å². The molecule has 1 aromatic rings. The van der Waals surface area contributed by atoms with Gasteiger partial charge in [0, 0.05) is 12.0 Å². The van der Waals surface area contributed by atoms with Crippen molar-refractivity contribution in [1.29, 1.82) is 0 Å². The second kappa shape index (κ2) is 6.81. The van der Waals surface area contributed by atoms with E-state index in [-0.39, 0.29) is 25.4 Å². The van der Waals surface area contributed by atoms with Crippen LogP contribution < -0.4 is 4.74 Å². The summed E-state index contributed by atoms with van der Waals surface area (Å²) in [5, 5.41) is 0. The molecule has 0 aromatic heterocycles. The Morgan fingerprint density at radius 3 is 2.17 bits per heavy atom. The van der Waals surface area contributed by atoms with Gasteiger partial charge in [0.1, 0.15) is 11.5 Å². The van der Waals surface area contributed by atoms with Crippen LogP contribution in [-0.2, 0) is 23.9 Å². The van der Waals surface area contributed by atoms with Crippen LogP contribution in [0.3, 0.4) is 0 Å². The molecule has 1 atom stereocenters. The summed E-state index contributed by atoms with van der Waals surface area (Å²) < 4.78 is 15.9. The van der Waals surface area contributed by atoms with Gasteiger partial charge in [-0.3, -0.25) is 0 Å². The molecule has 1 aliphatic rings. The van der Waals surface area contributed by atoms with Crippen LogP contribution in [0.5, 0.6) is 5.75 Å². The lowest BCUT2D eigenvalue weighted by molar-refractivity contribution is -0.180. The molecule has 0 N–H and O–H groups in total. The SMILES string of the molecule is CCOC(=O)C1(C(=O)OCC)Oc2ccccc2C1CC(C)=O. The minimum Gasteiger partial charge on any atom is -0.463 e. The average molecular weight is 320 g/mol. The van der Waals surface area contributed by atoms with Crippen molar-refractivity contribution in [2.45, 2.75) is 38.7 Å². The molecule has 1 aliphatic heterocycles. The van der Waals surface area contributed by atoms with Crippen LogP contribution in [0.25, 0.3) is 0 Å². The van der Waals surface area contributed by atoms with Gasteiger partial charge in [0.05, 0.1) is 19.1 Å².